The van der Waals surface area contributed by atoms with Crippen molar-refractivity contribution in [2.45, 2.75) is 167 Å². The number of aromatic amines is 1. The molecule has 8 aromatic rings. The molecule has 8 aromatic heterocycles. The molecule has 10 heterocycles. The zero-order chi connectivity index (χ0) is 64.9. The van der Waals surface area contributed by atoms with Crippen molar-refractivity contribution in [2.75, 3.05) is 29.4 Å². The van der Waals surface area contributed by atoms with Gasteiger partial charge in [0, 0.05) is 47.1 Å². The Bertz CT molecular complexity index is 3950. The topological polar surface area (TPSA) is 423 Å². The number of aliphatic imine (C=N–C) groups is 2. The molecule has 0 amide bonds. The molecule has 0 aliphatic carbocycles. The minimum absolute atomic E-state index is 0. The van der Waals surface area contributed by atoms with Crippen LogP contribution in [0, 0.1) is 20.8 Å². The molecule has 0 aromatic carbocycles. The maximum Gasteiger partial charge on any atom is 0.301 e. The standard InChI is InChI=1S/2C10H16N6.C10H13N5O2.C10H15N5.C9H15N3.C6H8FN3.2CH4/c2*1-6-13-8(15-11)7-9(14-6)16(5-12-7)10(2,3)4;1-10(2,3)15-4-12-5-6(15)8(17)14-9(11)13-7(5)16;1-6-13-8(11)7-9(14-6)15(5-12-7)10(2,3)4;1-7-11-8(10)5-6-12(7)9(2,3)4;1-4-9-6(8)5(7)3-10(4)2;;/h2*5H,11H2,1-4H3,(H,13,14,15);4H,1-3H3,(H3,11,13,14,16,17);5H,1-4H3,(H2,11,13,14);5-6H,1H2,2-4H3,(H2,10,11);3H,1H2,2H3,(H2,8,9);2*1H4. The molecule has 0 saturated heterocycles. The monoisotopic (exact) mass is 1220 g/mol. The summed E-state index contributed by atoms with van der Waals surface area (Å²) in [5.74, 6) is 15.2. The average molecular weight is 1220 g/mol. The van der Waals surface area contributed by atoms with E-state index in [0.29, 0.717) is 69.0 Å². The van der Waals surface area contributed by atoms with Crippen LogP contribution in [0.2, 0.25) is 0 Å². The number of fused-ring (bicyclic) bond motifs is 4. The molecule has 30 nitrogen and oxygen atoms in total. The van der Waals surface area contributed by atoms with E-state index in [-0.39, 0.29) is 65.4 Å². The number of amidine groups is 2. The van der Waals surface area contributed by atoms with Crippen molar-refractivity contribution < 1.29 is 4.39 Å². The van der Waals surface area contributed by atoms with Crippen molar-refractivity contribution in [3.8, 4) is 0 Å². The molecule has 0 atom stereocenters. The Morgan fingerprint density at radius 3 is 1.33 bits per heavy atom. The van der Waals surface area contributed by atoms with Gasteiger partial charge in [-0.3, -0.25) is 14.6 Å². The number of H-pyrrole nitrogens is 1. The van der Waals surface area contributed by atoms with Crippen LogP contribution in [-0.4, -0.2) is 112 Å². The smallest absolute Gasteiger partial charge is 0.301 e. The number of imidazole rings is 4. The van der Waals surface area contributed by atoms with Crippen LogP contribution >= 0.6 is 0 Å². The highest BCUT2D eigenvalue weighted by Crippen LogP contribution is 2.27. The van der Waals surface area contributed by atoms with Crippen molar-refractivity contribution in [3.63, 3.8) is 0 Å². The summed E-state index contributed by atoms with van der Waals surface area (Å²) in [6.07, 6.45) is 11.7. The van der Waals surface area contributed by atoms with Crippen LogP contribution in [-0.2, 0) is 22.2 Å². The summed E-state index contributed by atoms with van der Waals surface area (Å²) in [7, 11) is 1.65. The Labute approximate surface area is 512 Å². The highest BCUT2D eigenvalue weighted by atomic mass is 19.1. The first kappa shape index (κ1) is 72.5. The zero-order valence-electron chi connectivity index (χ0n) is 52.6. The van der Waals surface area contributed by atoms with Crippen LogP contribution in [0.4, 0.5) is 27.8 Å². The van der Waals surface area contributed by atoms with Crippen molar-refractivity contribution in [1.82, 2.24) is 87.9 Å². The quantitative estimate of drug-likeness (QED) is 0.0626. The van der Waals surface area contributed by atoms with Gasteiger partial charge in [0.05, 0.1) is 25.3 Å². The molecule has 0 spiro atoms. The van der Waals surface area contributed by atoms with Gasteiger partial charge < -0.3 is 61.9 Å². The zero-order valence-corrected chi connectivity index (χ0v) is 52.6. The SMILES string of the molecule is C.C.C=C1N=C(N)C(F)=CN1C.C=C1N=C(N)C=CN1C(C)(C)C.CC(C)(C)n1cnc2c(=O)nc(N)[nH]c(=O)c21.Cc1nc(N)c2ncn(C(C)(C)C)c2n1.Cc1nc(NN)c2ncn(C(C)(C)C)c2n1.Cc1nc(NN)c2ncn(C(C)(C)C)c2n1. The third-order valence-electron chi connectivity index (χ3n) is 12.2. The molecule has 0 saturated carbocycles. The summed E-state index contributed by atoms with van der Waals surface area (Å²) >= 11 is 0. The van der Waals surface area contributed by atoms with Gasteiger partial charge in [0.15, 0.2) is 62.6 Å². The second kappa shape index (κ2) is 27.7. The van der Waals surface area contributed by atoms with Gasteiger partial charge in [0.2, 0.25) is 5.95 Å². The number of nitrogens with zero attached hydrogens (tertiary/aromatic N) is 19. The van der Waals surface area contributed by atoms with Crippen LogP contribution in [0.1, 0.15) is 136 Å². The highest BCUT2D eigenvalue weighted by Gasteiger charge is 2.25. The number of aryl methyl sites for hydroxylation is 3. The highest BCUT2D eigenvalue weighted by molar-refractivity contribution is 5.96. The molecule has 31 heteroatoms. The number of hydrazine groups is 2. The number of hydrogen-bond donors (Lipinski definition) is 9. The van der Waals surface area contributed by atoms with E-state index in [4.69, 9.17) is 34.6 Å². The van der Waals surface area contributed by atoms with Crippen LogP contribution in [0.5, 0.6) is 0 Å². The van der Waals surface area contributed by atoms with Crippen LogP contribution in [0.25, 0.3) is 44.5 Å². The van der Waals surface area contributed by atoms with E-state index in [9.17, 15) is 14.0 Å². The minimum Gasteiger partial charge on any atom is -0.384 e. The lowest BCUT2D eigenvalue weighted by atomic mass is 10.1. The summed E-state index contributed by atoms with van der Waals surface area (Å²) in [6, 6.07) is 0. The molecule has 2 aliphatic rings. The summed E-state index contributed by atoms with van der Waals surface area (Å²) in [5, 5.41) is 0. The van der Waals surface area contributed by atoms with E-state index in [0.717, 1.165) is 16.9 Å². The first-order valence-electron chi connectivity index (χ1n) is 26.9. The second-order valence-corrected chi connectivity index (χ2v) is 24.6. The summed E-state index contributed by atoms with van der Waals surface area (Å²) < 4.78 is 20.2. The predicted molar refractivity (Wildman–Crippen MR) is 352 cm³/mol. The Hall–Kier alpha value is -9.78. The van der Waals surface area contributed by atoms with Crippen molar-refractivity contribution >= 4 is 79.6 Å². The van der Waals surface area contributed by atoms with Crippen LogP contribution in [0.15, 0.2) is 94.0 Å². The molecule has 0 unspecified atom stereocenters. The van der Waals surface area contributed by atoms with Crippen molar-refractivity contribution in [1.29, 1.82) is 0 Å². The maximum atomic E-state index is 12.5. The summed E-state index contributed by atoms with van der Waals surface area (Å²) in [6.45, 7) is 43.7. The van der Waals surface area contributed by atoms with E-state index in [1.807, 2.05) is 66.3 Å². The van der Waals surface area contributed by atoms with Gasteiger partial charge in [-0.15, -0.1) is 0 Å². The molecule has 478 valence electrons. The molecule has 0 radical (unpaired) electrons. The molecule has 15 N–H and O–H groups in total. The summed E-state index contributed by atoms with van der Waals surface area (Å²) in [4.78, 5) is 83.0. The number of aromatic nitrogens is 16. The van der Waals surface area contributed by atoms with E-state index in [1.165, 1.54) is 17.4 Å². The van der Waals surface area contributed by atoms with Gasteiger partial charge in [-0.1, -0.05) is 28.0 Å². The van der Waals surface area contributed by atoms with E-state index in [1.54, 1.807) is 36.7 Å². The average Bonchev–Trinajstić information content (AvgIpc) is 1.86. The van der Waals surface area contributed by atoms with E-state index in [2.05, 4.69) is 177 Å². The number of hydrogen-bond acceptors (Lipinski definition) is 25. The number of halogens is 1. The van der Waals surface area contributed by atoms with E-state index >= 15 is 0 Å². The molecule has 0 bridgehead atoms. The third kappa shape index (κ3) is 17.4. The third-order valence-corrected chi connectivity index (χ3v) is 12.2. The van der Waals surface area contributed by atoms with Gasteiger partial charge >= 0.3 is 5.56 Å². The minimum atomic E-state index is -0.612. The van der Waals surface area contributed by atoms with Gasteiger partial charge in [0.1, 0.15) is 46.0 Å². The lowest BCUT2D eigenvalue weighted by Crippen LogP contribution is -2.38. The molecule has 2 aliphatic heterocycles. The first-order chi connectivity index (χ1) is 39.6. The van der Waals surface area contributed by atoms with Crippen LogP contribution < -0.4 is 56.6 Å². The molecular formula is C57H91FN28O2. The number of nitrogens with one attached hydrogen (secondary N) is 3. The number of anilines is 4. The van der Waals surface area contributed by atoms with E-state index < -0.39 is 16.9 Å². The Balaban J connectivity index is 0.000000277. The fourth-order valence-corrected chi connectivity index (χ4v) is 7.99. The van der Waals surface area contributed by atoms with Gasteiger partial charge in [-0.2, -0.15) is 4.98 Å². The number of nitrogens with two attached hydrogens (primary N) is 6. The first-order valence-corrected chi connectivity index (χ1v) is 26.9. The van der Waals surface area contributed by atoms with Crippen molar-refractivity contribution in [3.05, 3.63) is 113 Å². The van der Waals surface area contributed by atoms with Gasteiger partial charge in [-0.25, -0.2) is 75.9 Å². The maximum absolute atomic E-state index is 12.5. The largest absolute Gasteiger partial charge is 0.384 e. The van der Waals surface area contributed by atoms with Gasteiger partial charge in [-0.05, 0) is 131 Å². The lowest BCUT2D eigenvalue weighted by molar-refractivity contribution is 0.256. The lowest BCUT2D eigenvalue weighted by Gasteiger charge is -2.35. The van der Waals surface area contributed by atoms with Crippen LogP contribution in [0.3, 0.4) is 0 Å². The number of rotatable bonds is 2. The number of nitrogen functional groups attached to an aromatic ring is 4. The molecule has 0 fully saturated rings. The second-order valence-electron chi connectivity index (χ2n) is 24.6. The molecular weight excluding hydrogens is 1130 g/mol. The molecule has 88 heavy (non-hydrogen) atoms. The molecule has 10 rings (SSSR count). The fraction of sp³-hybridized carbons (Fsp3) is 0.456. The normalized spacial score (nSPS) is 13.4. The predicted octanol–water partition coefficient (Wildman–Crippen LogP) is 6.93. The summed E-state index contributed by atoms with van der Waals surface area (Å²) in [5.41, 5.74) is 30.0. The fourth-order valence-electron chi connectivity index (χ4n) is 7.99. The Kier molecular flexibility index (Phi) is 22.8. The Morgan fingerprint density at radius 2 is 0.932 bits per heavy atom. The Morgan fingerprint density at radius 1 is 0.534 bits per heavy atom. The van der Waals surface area contributed by atoms with Gasteiger partial charge in [0.25, 0.3) is 5.56 Å². The van der Waals surface area contributed by atoms with Crippen molar-refractivity contribution in [2.24, 2.45) is 33.1 Å².